The van der Waals surface area contributed by atoms with Crippen molar-refractivity contribution >= 4 is 15.9 Å². The molecule has 0 aliphatic heterocycles. The summed E-state index contributed by atoms with van der Waals surface area (Å²) in [6, 6.07) is 11.6. The lowest BCUT2D eigenvalue weighted by Crippen LogP contribution is -2.28. The molecule has 23 heavy (non-hydrogen) atoms. The minimum atomic E-state index is -3.80. The highest BCUT2D eigenvalue weighted by Crippen LogP contribution is 2.17. The molecular formula is C16H17FN2O3S. The van der Waals surface area contributed by atoms with E-state index in [4.69, 9.17) is 5.14 Å². The number of hydrogen-bond donors (Lipinski definition) is 2. The second-order valence-electron chi connectivity index (χ2n) is 5.17. The molecule has 122 valence electrons. The Labute approximate surface area is 134 Å². The molecule has 3 N–H and O–H groups in total. The van der Waals surface area contributed by atoms with Gasteiger partial charge in [0, 0.05) is 0 Å². The zero-order valence-electron chi connectivity index (χ0n) is 12.5. The number of amides is 1. The summed E-state index contributed by atoms with van der Waals surface area (Å²) in [4.78, 5) is 12.0. The normalized spacial score (nSPS) is 12.7. The molecule has 0 saturated heterocycles. The van der Waals surface area contributed by atoms with Gasteiger partial charge < -0.3 is 5.32 Å². The van der Waals surface area contributed by atoms with Gasteiger partial charge in [-0.15, -0.1) is 0 Å². The monoisotopic (exact) mass is 336 g/mol. The molecule has 2 aromatic carbocycles. The van der Waals surface area contributed by atoms with E-state index in [0.29, 0.717) is 11.1 Å². The van der Waals surface area contributed by atoms with Gasteiger partial charge in [-0.1, -0.05) is 30.3 Å². The van der Waals surface area contributed by atoms with Crippen LogP contribution in [-0.4, -0.2) is 14.3 Å². The minimum Gasteiger partial charge on any atom is -0.349 e. The molecule has 0 bridgehead atoms. The highest BCUT2D eigenvalue weighted by molar-refractivity contribution is 7.89. The Hall–Kier alpha value is -2.25. The van der Waals surface area contributed by atoms with Crippen LogP contribution in [0.15, 0.2) is 53.4 Å². The van der Waals surface area contributed by atoms with Gasteiger partial charge in [0.2, 0.25) is 15.9 Å². The van der Waals surface area contributed by atoms with Gasteiger partial charge in [-0.25, -0.2) is 17.9 Å². The van der Waals surface area contributed by atoms with E-state index in [1.807, 2.05) is 0 Å². The Kier molecular flexibility index (Phi) is 5.12. The predicted octanol–water partition coefficient (Wildman–Crippen LogP) is 1.89. The van der Waals surface area contributed by atoms with E-state index in [1.165, 1.54) is 18.2 Å². The molecule has 7 heteroatoms. The number of rotatable bonds is 5. The van der Waals surface area contributed by atoms with Crippen LogP contribution in [0.3, 0.4) is 0 Å². The van der Waals surface area contributed by atoms with Crippen LogP contribution in [0.1, 0.15) is 24.1 Å². The quantitative estimate of drug-likeness (QED) is 0.874. The molecule has 0 spiro atoms. The number of carbonyl (C=O) groups excluding carboxylic acids is 1. The maximum atomic E-state index is 13.5. The topological polar surface area (TPSA) is 89.3 Å². The average molecular weight is 336 g/mol. The van der Waals surface area contributed by atoms with Crippen molar-refractivity contribution in [1.82, 2.24) is 5.32 Å². The fourth-order valence-corrected chi connectivity index (χ4v) is 2.72. The molecule has 0 radical (unpaired) electrons. The second-order valence-corrected chi connectivity index (χ2v) is 6.74. The van der Waals surface area contributed by atoms with Crippen molar-refractivity contribution in [2.45, 2.75) is 24.3 Å². The van der Waals surface area contributed by atoms with Gasteiger partial charge in [0.15, 0.2) is 0 Å². The van der Waals surface area contributed by atoms with E-state index in [2.05, 4.69) is 5.32 Å². The summed E-state index contributed by atoms with van der Waals surface area (Å²) < 4.78 is 36.2. The summed E-state index contributed by atoms with van der Waals surface area (Å²) in [5, 5.41) is 7.80. The third-order valence-corrected chi connectivity index (χ3v) is 4.28. The SMILES string of the molecule is CC(NC(=O)Cc1ccccc1F)c1cccc(S(N)(=O)=O)c1. The number of primary sulfonamides is 1. The Morgan fingerprint density at radius 2 is 1.91 bits per heavy atom. The van der Waals surface area contributed by atoms with Crippen LogP contribution < -0.4 is 10.5 Å². The third kappa shape index (κ3) is 4.61. The number of nitrogens with two attached hydrogens (primary N) is 1. The van der Waals surface area contributed by atoms with Crippen LogP contribution in [0.25, 0.3) is 0 Å². The maximum Gasteiger partial charge on any atom is 0.238 e. The number of hydrogen-bond acceptors (Lipinski definition) is 3. The summed E-state index contributed by atoms with van der Waals surface area (Å²) in [5.74, 6) is -0.796. The Balaban J connectivity index is 2.08. The maximum absolute atomic E-state index is 13.5. The Morgan fingerprint density at radius 3 is 2.57 bits per heavy atom. The largest absolute Gasteiger partial charge is 0.349 e. The zero-order chi connectivity index (χ0) is 17.0. The predicted molar refractivity (Wildman–Crippen MR) is 84.5 cm³/mol. The molecule has 0 saturated carbocycles. The first kappa shape index (κ1) is 17.1. The van der Waals surface area contributed by atoms with E-state index < -0.39 is 21.9 Å². The summed E-state index contributed by atoms with van der Waals surface area (Å²) in [6.45, 7) is 1.71. The zero-order valence-corrected chi connectivity index (χ0v) is 13.3. The highest BCUT2D eigenvalue weighted by Gasteiger charge is 2.14. The molecular weight excluding hydrogens is 319 g/mol. The lowest BCUT2D eigenvalue weighted by Gasteiger charge is -2.15. The smallest absolute Gasteiger partial charge is 0.238 e. The second kappa shape index (κ2) is 6.89. The van der Waals surface area contributed by atoms with Gasteiger partial charge in [0.1, 0.15) is 5.82 Å². The van der Waals surface area contributed by atoms with Gasteiger partial charge in [-0.2, -0.15) is 0 Å². The number of carbonyl (C=O) groups is 1. The standard InChI is InChI=1S/C16H17FN2O3S/c1-11(12-6-4-7-14(9-12)23(18,21)22)19-16(20)10-13-5-2-3-8-15(13)17/h2-9,11H,10H2,1H3,(H,19,20)(H2,18,21,22). The summed E-state index contributed by atoms with van der Waals surface area (Å²) >= 11 is 0. The van der Waals surface area contributed by atoms with Gasteiger partial charge in [-0.3, -0.25) is 4.79 Å². The van der Waals surface area contributed by atoms with E-state index >= 15 is 0 Å². The third-order valence-electron chi connectivity index (χ3n) is 3.37. The number of sulfonamides is 1. The Morgan fingerprint density at radius 1 is 1.22 bits per heavy atom. The van der Waals surface area contributed by atoms with Crippen LogP contribution in [0.2, 0.25) is 0 Å². The van der Waals surface area contributed by atoms with Crippen molar-refractivity contribution in [3.05, 3.63) is 65.5 Å². The molecule has 0 heterocycles. The molecule has 5 nitrogen and oxygen atoms in total. The van der Waals surface area contributed by atoms with Crippen molar-refractivity contribution in [3.63, 3.8) is 0 Å². The van der Waals surface area contributed by atoms with Crippen molar-refractivity contribution in [2.75, 3.05) is 0 Å². The Bertz CT molecular complexity index is 822. The fraction of sp³-hybridized carbons (Fsp3) is 0.188. The van der Waals surface area contributed by atoms with Crippen LogP contribution >= 0.6 is 0 Å². The molecule has 0 aromatic heterocycles. The summed E-state index contributed by atoms with van der Waals surface area (Å²) in [7, 11) is -3.80. The molecule has 0 aliphatic carbocycles. The van der Waals surface area contributed by atoms with Crippen molar-refractivity contribution in [2.24, 2.45) is 5.14 Å². The number of nitrogens with one attached hydrogen (secondary N) is 1. The van der Waals surface area contributed by atoms with Crippen molar-refractivity contribution in [3.8, 4) is 0 Å². The first-order chi connectivity index (χ1) is 10.8. The molecule has 2 aromatic rings. The van der Waals surface area contributed by atoms with Crippen LogP contribution in [0.4, 0.5) is 4.39 Å². The van der Waals surface area contributed by atoms with Crippen molar-refractivity contribution < 1.29 is 17.6 Å². The first-order valence-corrected chi connectivity index (χ1v) is 8.47. The first-order valence-electron chi connectivity index (χ1n) is 6.93. The van der Waals surface area contributed by atoms with Gasteiger partial charge in [-0.05, 0) is 36.2 Å². The van der Waals surface area contributed by atoms with Crippen LogP contribution in [-0.2, 0) is 21.2 Å². The van der Waals surface area contributed by atoms with E-state index in [9.17, 15) is 17.6 Å². The molecule has 1 unspecified atom stereocenters. The van der Waals surface area contributed by atoms with Gasteiger partial charge in [0.05, 0.1) is 17.4 Å². The molecule has 1 amide bonds. The molecule has 2 rings (SSSR count). The molecule has 0 aliphatic rings. The van der Waals surface area contributed by atoms with E-state index in [-0.39, 0.29) is 17.2 Å². The summed E-state index contributed by atoms with van der Waals surface area (Å²) in [6.07, 6.45) is -0.0914. The highest BCUT2D eigenvalue weighted by atomic mass is 32.2. The molecule has 1 atom stereocenters. The van der Waals surface area contributed by atoms with Crippen LogP contribution in [0, 0.1) is 5.82 Å². The van der Waals surface area contributed by atoms with E-state index in [0.717, 1.165) is 0 Å². The average Bonchev–Trinajstić information content (AvgIpc) is 2.49. The van der Waals surface area contributed by atoms with Crippen molar-refractivity contribution in [1.29, 1.82) is 0 Å². The number of halogens is 1. The lowest BCUT2D eigenvalue weighted by atomic mass is 10.1. The number of benzene rings is 2. The minimum absolute atomic E-state index is 0.0230. The van der Waals surface area contributed by atoms with Crippen LogP contribution in [0.5, 0.6) is 0 Å². The van der Waals surface area contributed by atoms with Gasteiger partial charge >= 0.3 is 0 Å². The summed E-state index contributed by atoms with van der Waals surface area (Å²) in [5.41, 5.74) is 0.897. The molecule has 0 fully saturated rings. The van der Waals surface area contributed by atoms with Gasteiger partial charge in [0.25, 0.3) is 0 Å². The van der Waals surface area contributed by atoms with E-state index in [1.54, 1.807) is 37.3 Å². The lowest BCUT2D eigenvalue weighted by molar-refractivity contribution is -0.121. The fourth-order valence-electron chi connectivity index (χ4n) is 2.15.